The minimum atomic E-state index is -4.77. The third-order valence-corrected chi connectivity index (χ3v) is 28.0. The van der Waals surface area contributed by atoms with E-state index in [1.54, 1.807) is 13.0 Å². The number of hydrogen-bond acceptors (Lipinski definition) is 22. The second-order valence-corrected chi connectivity index (χ2v) is 34.1. The molecule has 15 rings (SSSR count). The average Bonchev–Trinajstić information content (AvgIpc) is 1.54. The molecule has 2 amide bonds. The number of fused-ring (bicyclic) bond motifs is 6. The van der Waals surface area contributed by atoms with E-state index in [2.05, 4.69) is 14.7 Å². The number of aromatic nitrogens is 6. The van der Waals surface area contributed by atoms with Crippen molar-refractivity contribution in [3.63, 3.8) is 0 Å². The van der Waals surface area contributed by atoms with E-state index in [1.807, 2.05) is 4.72 Å². The summed E-state index contributed by atoms with van der Waals surface area (Å²) in [6.45, 7) is -2.03. The Bertz CT molecular complexity index is 5150. The van der Waals surface area contributed by atoms with Gasteiger partial charge in [-0.2, -0.15) is 17.6 Å². The molecule has 9 atom stereocenters. The molecule has 3 aliphatic carbocycles. The van der Waals surface area contributed by atoms with Crippen LogP contribution in [0.25, 0.3) is 42.0 Å². The van der Waals surface area contributed by atoms with Gasteiger partial charge < -0.3 is 37.3 Å². The van der Waals surface area contributed by atoms with Gasteiger partial charge in [0.25, 0.3) is 22.9 Å². The van der Waals surface area contributed by atoms with Crippen molar-refractivity contribution in [2.45, 2.75) is 220 Å². The van der Waals surface area contributed by atoms with Gasteiger partial charge in [0.2, 0.25) is 31.8 Å². The number of hydrogen-bond donors (Lipinski definition) is 2. The average molecular weight is 1500 g/mol. The van der Waals surface area contributed by atoms with Gasteiger partial charge in [-0.1, -0.05) is 18.2 Å². The van der Waals surface area contributed by atoms with E-state index < -0.39 is 144 Å². The number of sulfonamides is 2. The summed E-state index contributed by atoms with van der Waals surface area (Å²) in [4.78, 5) is 99.2. The molecule has 4 aliphatic heterocycles. The van der Waals surface area contributed by atoms with Crippen LogP contribution in [0.3, 0.4) is 0 Å². The van der Waals surface area contributed by atoms with E-state index >= 15 is 28.4 Å². The van der Waals surface area contributed by atoms with Crippen LogP contribution in [-0.4, -0.2) is 116 Å². The van der Waals surface area contributed by atoms with E-state index in [0.29, 0.717) is 53.5 Å². The number of nitrogens with zero attached hydrogens (tertiary/aromatic N) is 6. The van der Waals surface area contributed by atoms with E-state index in [9.17, 15) is 39.2 Å². The van der Waals surface area contributed by atoms with Gasteiger partial charge in [-0.15, -0.1) is 22.7 Å². The van der Waals surface area contributed by atoms with Gasteiger partial charge in [0.05, 0.1) is 92.1 Å². The van der Waals surface area contributed by atoms with Crippen molar-refractivity contribution in [3.8, 4) is 33.0 Å². The number of rotatable bonds is 26. The number of oxazole rings is 2. The lowest BCUT2D eigenvalue weighted by atomic mass is 10.0. The van der Waals surface area contributed by atoms with Gasteiger partial charge in [-0.05, 0) is 153 Å². The number of benzene rings is 2. The second-order valence-electron chi connectivity index (χ2n) is 27.8. The fraction of sp³-hybridized carbons (Fsp3) is 0.522. The zero-order chi connectivity index (χ0) is 71.9. The predicted molar refractivity (Wildman–Crippen MR) is 356 cm³/mol. The number of halogens is 5. The molecule has 35 heteroatoms. The minimum Gasteiger partial charge on any atom is -0.444 e. The van der Waals surface area contributed by atoms with Crippen LogP contribution < -0.4 is 41.4 Å². The molecule has 0 spiro atoms. The largest absolute Gasteiger partial charge is 0.444 e. The molecule has 1 unspecified atom stereocenters. The molecule has 544 valence electrons. The Morgan fingerprint density at radius 1 is 0.686 bits per heavy atom. The van der Waals surface area contributed by atoms with E-state index in [0.717, 1.165) is 69.8 Å². The lowest BCUT2D eigenvalue weighted by molar-refractivity contribution is -0.124. The number of para-hydroxylation sites is 1. The summed E-state index contributed by atoms with van der Waals surface area (Å²) in [6, 6.07) is 6.95. The summed E-state index contributed by atoms with van der Waals surface area (Å²) in [5.41, 5.74) is -5.91. The summed E-state index contributed by atoms with van der Waals surface area (Å²) < 4.78 is 181. The van der Waals surface area contributed by atoms with Crippen molar-refractivity contribution in [2.75, 3.05) is 0 Å². The summed E-state index contributed by atoms with van der Waals surface area (Å²) in [6.07, 6.45) is 3.81. The van der Waals surface area contributed by atoms with Gasteiger partial charge >= 0.3 is 24.6 Å². The van der Waals surface area contributed by atoms with Crippen LogP contribution >= 0.6 is 22.7 Å². The Labute approximate surface area is 585 Å². The van der Waals surface area contributed by atoms with E-state index in [-0.39, 0.29) is 128 Å². The second kappa shape index (κ2) is 26.0. The molecule has 2 aromatic carbocycles. The summed E-state index contributed by atoms with van der Waals surface area (Å²) >= 11 is 1.79. The van der Waals surface area contributed by atoms with Gasteiger partial charge in [0.15, 0.2) is 0 Å². The molecule has 8 aromatic rings. The molecule has 2 N–H and O–H groups in total. The van der Waals surface area contributed by atoms with Crippen LogP contribution in [0.5, 0.6) is 11.5 Å². The van der Waals surface area contributed by atoms with Crippen LogP contribution in [0.4, 0.5) is 22.0 Å². The molecule has 7 aliphatic rings. The zero-order valence-electron chi connectivity index (χ0n) is 55.2. The maximum Gasteiger partial charge on any atom is 0.387 e. The number of amides is 2. The predicted octanol–water partition coefficient (Wildman–Crippen LogP) is 9.24. The van der Waals surface area contributed by atoms with Crippen LogP contribution in [0.1, 0.15) is 150 Å². The standard InChI is InChI=1S/C67H69F5N8O18S4/c1-32-49-56(82)79(34(3)53(81)75-101(87,88)65(4)15-16-65)63(85)77(31-48(95-41-26-38-12-13-39(27-41)93-38)44-23-35(68)9-14-46(44)98-62(71)72)58(49)100-52(32)55-74-29-42(96-55)28-66(17-18-66)102(89,90)76-60(84)67(19-20-67)80-57(83)50-33(2)51(54-73-21-22-91-54)99-59(50)78(64(80)86)30-47(43-7-5-6-8-45(43)97-61(69)70)94-40-24-36-10-11-37(25-40)92-36/h5-9,14,21-23,29,34,36-41,47-48,61-62H,10-13,15-20,24-28,30-31H2,1-4H3,(H,75,81)(H,76,84)/t34-,36-,37?,38-,39+,40-,41-,47-,48-/m0/s1. The van der Waals surface area contributed by atoms with Crippen molar-refractivity contribution < 1.29 is 85.6 Å². The Balaban J connectivity index is 0.760. The van der Waals surface area contributed by atoms with E-state index in [4.69, 9.17) is 37.3 Å². The molecule has 6 aromatic heterocycles. The molecular weight excluding hydrogens is 1430 g/mol. The smallest absolute Gasteiger partial charge is 0.387 e. The highest BCUT2D eigenvalue weighted by molar-refractivity contribution is 7.92. The Morgan fingerprint density at radius 2 is 1.24 bits per heavy atom. The summed E-state index contributed by atoms with van der Waals surface area (Å²) in [5.74, 6) is -4.15. The molecule has 4 bridgehead atoms. The SMILES string of the molecule is Cc1c(-c2ncc(CC3(S(=O)(=O)NC(=O)C4(n5c(=O)c6c(C)c(-c7ncco7)sc6n(C[C@H](O[C@@H]6CC7CC[C@@H](C6)O7)c6ccccc6OC(F)F)c5=O)CC4)CC3)o2)sc2c1c(=O)n([C@@H](C)C(=O)NS(=O)(=O)C1(C)CC1)c(=O)n2C[C@H](O[C@@H]1C[C@H]2CC[C@@H](C1)O2)c1cc(F)ccc1OC(F)F. The van der Waals surface area contributed by atoms with Gasteiger partial charge in [-0.3, -0.25) is 37.8 Å². The van der Waals surface area contributed by atoms with Crippen molar-refractivity contribution in [2.24, 2.45) is 0 Å². The number of aryl methyl sites for hydroxylation is 2. The van der Waals surface area contributed by atoms with Crippen molar-refractivity contribution in [3.05, 3.63) is 137 Å². The molecule has 102 heavy (non-hydrogen) atoms. The number of thiophene rings is 2. The number of nitrogens with one attached hydrogen (secondary N) is 2. The maximum absolute atomic E-state index is 15.5. The normalized spacial score (nSPS) is 23.2. The molecule has 26 nitrogen and oxygen atoms in total. The van der Waals surface area contributed by atoms with Gasteiger partial charge in [0, 0.05) is 17.5 Å². The van der Waals surface area contributed by atoms with Crippen LogP contribution in [0.15, 0.2) is 89.1 Å². The molecule has 4 saturated heterocycles. The van der Waals surface area contributed by atoms with Crippen molar-refractivity contribution in [1.29, 1.82) is 0 Å². The Hall–Kier alpha value is -7.93. The third kappa shape index (κ3) is 12.6. The van der Waals surface area contributed by atoms with Gasteiger partial charge in [0.1, 0.15) is 62.8 Å². The maximum atomic E-state index is 15.5. The van der Waals surface area contributed by atoms with Gasteiger partial charge in [-0.25, -0.2) is 49.9 Å². The molecule has 3 saturated carbocycles. The fourth-order valence-electron chi connectivity index (χ4n) is 14.9. The Kier molecular flexibility index (Phi) is 17.8. The Morgan fingerprint density at radius 3 is 1.78 bits per heavy atom. The first-order chi connectivity index (χ1) is 48.5. The summed E-state index contributed by atoms with van der Waals surface area (Å²) in [7, 11) is -9.10. The topological polar surface area (TPSA) is 322 Å². The molecule has 7 fully saturated rings. The number of carbonyl (C=O) groups excluding carboxylic acids is 2. The highest BCUT2D eigenvalue weighted by Gasteiger charge is 2.61. The first-order valence-corrected chi connectivity index (χ1v) is 38.1. The highest BCUT2D eigenvalue weighted by atomic mass is 32.2. The quantitative estimate of drug-likeness (QED) is 0.0477. The molecule has 0 radical (unpaired) electrons. The van der Waals surface area contributed by atoms with E-state index in [1.165, 1.54) is 55.3 Å². The molecule has 10 heterocycles. The summed E-state index contributed by atoms with van der Waals surface area (Å²) in [5, 5.41) is -0.232. The highest BCUT2D eigenvalue weighted by Crippen LogP contribution is 2.50. The van der Waals surface area contributed by atoms with Crippen LogP contribution in [0.2, 0.25) is 0 Å². The molecular formula is C67H69F5N8O18S4. The number of ether oxygens (including phenoxy) is 6. The number of alkyl halides is 4. The van der Waals surface area contributed by atoms with Crippen LogP contribution in [-0.2, 0) is 73.6 Å². The first-order valence-electron chi connectivity index (χ1n) is 33.5. The number of carbonyl (C=O) groups is 2. The van der Waals surface area contributed by atoms with Crippen molar-refractivity contribution in [1.82, 2.24) is 37.7 Å². The lowest BCUT2D eigenvalue weighted by Gasteiger charge is -2.32. The van der Waals surface area contributed by atoms with Crippen LogP contribution in [0, 0.1) is 19.7 Å². The monoisotopic (exact) mass is 1500 g/mol. The first kappa shape index (κ1) is 69.8. The minimum absolute atomic E-state index is 0.0182. The zero-order valence-corrected chi connectivity index (χ0v) is 58.5. The fourth-order valence-corrected chi connectivity index (χ4v) is 20.3. The lowest BCUT2D eigenvalue weighted by Crippen LogP contribution is -2.54. The third-order valence-electron chi connectivity index (χ3n) is 21.0. The van der Waals surface area contributed by atoms with Crippen molar-refractivity contribution >= 4 is 75.0 Å².